The van der Waals surface area contributed by atoms with E-state index >= 15 is 0 Å². The topological polar surface area (TPSA) is 3.01 Å². The molecule has 2 aromatic rings. The van der Waals surface area contributed by atoms with Crippen molar-refractivity contribution >= 4 is 5.69 Å². The van der Waals surface area contributed by atoms with E-state index in [1.165, 1.54) is 0 Å². The summed E-state index contributed by atoms with van der Waals surface area (Å²) in [6, 6.07) is 19.4. The van der Waals surface area contributed by atoms with Crippen molar-refractivity contribution in [2.45, 2.75) is 12.3 Å². The maximum Gasteiger partial charge on any atom is 0.198 e. The summed E-state index contributed by atoms with van der Waals surface area (Å²) < 4.78 is 13.7. The molecular weight excluding hydrogens is 201 g/mol. The van der Waals surface area contributed by atoms with E-state index in [4.69, 9.17) is 0 Å². The van der Waals surface area contributed by atoms with Gasteiger partial charge in [-0.2, -0.15) is 0 Å². The van der Waals surface area contributed by atoms with E-state index in [0.717, 1.165) is 11.3 Å². The molecule has 0 radical (unpaired) electrons. The Morgan fingerprint density at radius 3 is 2.00 bits per heavy atom. The number of benzene rings is 2. The minimum atomic E-state index is -0.884. The van der Waals surface area contributed by atoms with E-state index in [9.17, 15) is 4.39 Å². The molecular formula is C14H12FN. The molecule has 0 aliphatic carbocycles. The van der Waals surface area contributed by atoms with Crippen molar-refractivity contribution in [1.29, 1.82) is 0 Å². The van der Waals surface area contributed by atoms with Gasteiger partial charge in [0.1, 0.15) is 6.04 Å². The zero-order valence-corrected chi connectivity index (χ0v) is 8.75. The molecule has 0 saturated carbocycles. The predicted molar refractivity (Wildman–Crippen MR) is 63.0 cm³/mol. The molecule has 1 saturated heterocycles. The second-order valence-corrected chi connectivity index (χ2v) is 3.97. The summed E-state index contributed by atoms with van der Waals surface area (Å²) >= 11 is 0. The summed E-state index contributed by atoms with van der Waals surface area (Å²) in [6.07, 6.45) is -0.884. The number of para-hydroxylation sites is 1. The first-order valence-electron chi connectivity index (χ1n) is 5.40. The van der Waals surface area contributed by atoms with Gasteiger partial charge in [0.2, 0.25) is 0 Å². The molecule has 0 bridgehead atoms. The van der Waals surface area contributed by atoms with Crippen molar-refractivity contribution in [2.75, 3.05) is 4.90 Å². The first kappa shape index (κ1) is 9.40. The van der Waals surface area contributed by atoms with E-state index < -0.39 is 6.30 Å². The molecule has 1 aliphatic heterocycles. The van der Waals surface area contributed by atoms with Crippen LogP contribution in [0.1, 0.15) is 11.6 Å². The molecule has 0 spiro atoms. The fourth-order valence-corrected chi connectivity index (χ4v) is 2.08. The lowest BCUT2D eigenvalue weighted by molar-refractivity contribution is 0.468. The number of hydrogen-bond acceptors (Lipinski definition) is 1. The second-order valence-electron chi connectivity index (χ2n) is 3.97. The molecule has 1 fully saturated rings. The van der Waals surface area contributed by atoms with Gasteiger partial charge in [-0.3, -0.25) is 0 Å². The Morgan fingerprint density at radius 1 is 0.812 bits per heavy atom. The van der Waals surface area contributed by atoms with E-state index in [-0.39, 0.29) is 6.04 Å². The highest BCUT2D eigenvalue weighted by molar-refractivity contribution is 5.57. The van der Waals surface area contributed by atoms with Gasteiger partial charge >= 0.3 is 0 Å². The lowest BCUT2D eigenvalue weighted by Gasteiger charge is -2.03. The third kappa shape index (κ3) is 1.47. The van der Waals surface area contributed by atoms with Crippen LogP contribution < -0.4 is 4.90 Å². The largest absolute Gasteiger partial charge is 0.328 e. The van der Waals surface area contributed by atoms with Crippen molar-refractivity contribution in [3.05, 3.63) is 66.2 Å². The van der Waals surface area contributed by atoms with Gasteiger partial charge in [0, 0.05) is 5.69 Å². The molecule has 3 rings (SSSR count). The smallest absolute Gasteiger partial charge is 0.198 e. The van der Waals surface area contributed by atoms with Crippen LogP contribution in [0.5, 0.6) is 0 Å². The van der Waals surface area contributed by atoms with Gasteiger partial charge in [-0.05, 0) is 17.7 Å². The Labute approximate surface area is 94.1 Å². The standard InChI is InChI=1S/C14H12FN/c15-14-13(11-7-3-1-4-8-11)16(14)12-9-5-2-6-10-12/h1-10,13-14H/t13-,14+,16?/m0/s1. The first-order valence-corrected chi connectivity index (χ1v) is 5.40. The van der Waals surface area contributed by atoms with Crippen LogP contribution >= 0.6 is 0 Å². The van der Waals surface area contributed by atoms with Gasteiger partial charge in [-0.15, -0.1) is 0 Å². The average molecular weight is 213 g/mol. The highest BCUT2D eigenvalue weighted by atomic mass is 19.1. The zero-order chi connectivity index (χ0) is 11.0. The second kappa shape index (κ2) is 3.63. The summed E-state index contributed by atoms with van der Waals surface area (Å²) in [5.74, 6) is 0. The normalized spacial score (nSPS) is 23.2. The monoisotopic (exact) mass is 213 g/mol. The van der Waals surface area contributed by atoms with Gasteiger partial charge < -0.3 is 4.90 Å². The fraction of sp³-hybridized carbons (Fsp3) is 0.143. The van der Waals surface area contributed by atoms with Crippen molar-refractivity contribution in [3.8, 4) is 0 Å². The highest BCUT2D eigenvalue weighted by Gasteiger charge is 2.49. The van der Waals surface area contributed by atoms with Crippen LogP contribution in [0.3, 0.4) is 0 Å². The van der Waals surface area contributed by atoms with Crippen LogP contribution in [0, 0.1) is 0 Å². The van der Waals surface area contributed by atoms with Gasteiger partial charge in [-0.1, -0.05) is 48.5 Å². The van der Waals surface area contributed by atoms with Crippen LogP contribution in [0.2, 0.25) is 0 Å². The molecule has 0 N–H and O–H groups in total. The number of anilines is 1. The van der Waals surface area contributed by atoms with Crippen LogP contribution in [0.4, 0.5) is 10.1 Å². The molecule has 2 atom stereocenters. The van der Waals surface area contributed by atoms with Gasteiger partial charge in [0.25, 0.3) is 0 Å². The fourth-order valence-electron chi connectivity index (χ4n) is 2.08. The van der Waals surface area contributed by atoms with Gasteiger partial charge in [0.15, 0.2) is 6.30 Å². The van der Waals surface area contributed by atoms with E-state index in [1.54, 1.807) is 4.90 Å². The van der Waals surface area contributed by atoms with E-state index in [1.807, 2.05) is 60.7 Å². The summed E-state index contributed by atoms with van der Waals surface area (Å²) in [4.78, 5) is 1.79. The molecule has 1 aliphatic rings. The van der Waals surface area contributed by atoms with Crippen LogP contribution in [-0.4, -0.2) is 6.30 Å². The molecule has 0 amide bonds. The number of alkyl halides is 1. The molecule has 1 heterocycles. The minimum Gasteiger partial charge on any atom is -0.328 e. The Hall–Kier alpha value is -1.83. The summed E-state index contributed by atoms with van der Waals surface area (Å²) in [7, 11) is 0. The summed E-state index contributed by atoms with van der Waals surface area (Å²) in [5.41, 5.74) is 1.99. The maximum atomic E-state index is 13.7. The first-order chi connectivity index (χ1) is 7.88. The highest BCUT2D eigenvalue weighted by Crippen LogP contribution is 2.47. The molecule has 0 aromatic heterocycles. The third-order valence-electron chi connectivity index (χ3n) is 2.93. The SMILES string of the molecule is F[C@H]1[C@H](c2ccccc2)N1c1ccccc1. The van der Waals surface area contributed by atoms with E-state index in [2.05, 4.69) is 0 Å². The molecule has 80 valence electrons. The number of hydrogen-bond donors (Lipinski definition) is 0. The van der Waals surface area contributed by atoms with E-state index in [0.29, 0.717) is 0 Å². The molecule has 16 heavy (non-hydrogen) atoms. The van der Waals surface area contributed by atoms with Gasteiger partial charge in [-0.25, -0.2) is 4.39 Å². The van der Waals surface area contributed by atoms with Crippen molar-refractivity contribution < 1.29 is 4.39 Å². The summed E-state index contributed by atoms with van der Waals surface area (Å²) in [6.45, 7) is 0. The van der Waals surface area contributed by atoms with Crippen LogP contribution in [0.25, 0.3) is 0 Å². The Balaban J connectivity index is 1.87. The number of halogens is 1. The molecule has 1 nitrogen and oxygen atoms in total. The van der Waals surface area contributed by atoms with Crippen LogP contribution in [0.15, 0.2) is 60.7 Å². The van der Waals surface area contributed by atoms with Crippen molar-refractivity contribution in [1.82, 2.24) is 0 Å². The third-order valence-corrected chi connectivity index (χ3v) is 2.93. The average Bonchev–Trinajstić information content (AvgIpc) is 3.03. The Morgan fingerprint density at radius 2 is 1.38 bits per heavy atom. The molecule has 2 heteroatoms. The Kier molecular flexibility index (Phi) is 2.13. The van der Waals surface area contributed by atoms with Gasteiger partial charge in [0.05, 0.1) is 0 Å². The van der Waals surface area contributed by atoms with Crippen LogP contribution in [-0.2, 0) is 0 Å². The Bertz CT molecular complexity index is 423. The van der Waals surface area contributed by atoms with Crippen molar-refractivity contribution in [2.24, 2.45) is 0 Å². The lowest BCUT2D eigenvalue weighted by atomic mass is 10.1. The lowest BCUT2D eigenvalue weighted by Crippen LogP contribution is -1.94. The minimum absolute atomic E-state index is 0.108. The number of nitrogens with zero attached hydrogens (tertiary/aromatic N) is 1. The molecule has 2 aromatic carbocycles. The zero-order valence-electron chi connectivity index (χ0n) is 8.75. The molecule has 0 unspecified atom stereocenters. The predicted octanol–water partition coefficient (Wildman–Crippen LogP) is 3.54. The quantitative estimate of drug-likeness (QED) is 0.544. The van der Waals surface area contributed by atoms with Crippen molar-refractivity contribution in [3.63, 3.8) is 0 Å². The summed E-state index contributed by atoms with van der Waals surface area (Å²) in [5, 5.41) is 0. The number of rotatable bonds is 2. The maximum absolute atomic E-state index is 13.7.